The molecule has 0 radical (unpaired) electrons. The van der Waals surface area contributed by atoms with Crippen molar-refractivity contribution in [1.82, 2.24) is 0 Å². The highest BCUT2D eigenvalue weighted by molar-refractivity contribution is 5.74. The number of aliphatic hydroxyl groups excluding tert-OH is 1. The molecule has 0 saturated heterocycles. The lowest BCUT2D eigenvalue weighted by Crippen LogP contribution is -2.62. The van der Waals surface area contributed by atoms with Gasteiger partial charge in [-0.05, 0) is 73.5 Å². The van der Waals surface area contributed by atoms with E-state index in [4.69, 9.17) is 9.47 Å². The summed E-state index contributed by atoms with van der Waals surface area (Å²) < 4.78 is 10.4. The average Bonchev–Trinajstić information content (AvgIpc) is 2.68. The van der Waals surface area contributed by atoms with Crippen molar-refractivity contribution in [2.75, 3.05) is 13.2 Å². The highest BCUT2D eigenvalue weighted by Gasteiger charge is 2.65. The van der Waals surface area contributed by atoms with Crippen molar-refractivity contribution in [2.45, 2.75) is 86.2 Å². The fourth-order valence-corrected chi connectivity index (χ4v) is 7.20. The quantitative estimate of drug-likeness (QED) is 0.517. The van der Waals surface area contributed by atoms with Gasteiger partial charge in [-0.3, -0.25) is 9.59 Å². The van der Waals surface area contributed by atoms with Crippen LogP contribution in [0.3, 0.4) is 0 Å². The van der Waals surface area contributed by atoms with E-state index in [1.807, 2.05) is 0 Å². The van der Waals surface area contributed by atoms with Crippen molar-refractivity contribution in [3.05, 3.63) is 11.6 Å². The zero-order chi connectivity index (χ0) is 22.3. The maximum Gasteiger partial charge on any atom is 0.309 e. The predicted molar refractivity (Wildman–Crippen MR) is 116 cm³/mol. The Labute approximate surface area is 181 Å². The molecule has 1 N–H and O–H groups in total. The summed E-state index contributed by atoms with van der Waals surface area (Å²) in [7, 11) is 0. The SMILES string of the molecule is CC(=O)OCC(O)COC(=O)C1C(C)CCC2(C)C3CCC=C(C)C3(C)CCC12C. The molecule has 3 aliphatic rings. The molecule has 0 aromatic rings. The Morgan fingerprint density at radius 2 is 1.77 bits per heavy atom. The Morgan fingerprint density at radius 3 is 2.43 bits per heavy atom. The minimum Gasteiger partial charge on any atom is -0.463 e. The van der Waals surface area contributed by atoms with Gasteiger partial charge >= 0.3 is 11.9 Å². The molecule has 0 aromatic heterocycles. The van der Waals surface area contributed by atoms with Crippen LogP contribution >= 0.6 is 0 Å². The van der Waals surface area contributed by atoms with Gasteiger partial charge < -0.3 is 14.6 Å². The topological polar surface area (TPSA) is 72.8 Å². The van der Waals surface area contributed by atoms with E-state index in [9.17, 15) is 14.7 Å². The molecule has 0 amide bonds. The number of allylic oxidation sites excluding steroid dienone is 2. The van der Waals surface area contributed by atoms with Crippen LogP contribution in [0, 0.1) is 34.0 Å². The Morgan fingerprint density at radius 1 is 1.10 bits per heavy atom. The van der Waals surface area contributed by atoms with Gasteiger partial charge in [-0.2, -0.15) is 0 Å². The minimum absolute atomic E-state index is 0.0854. The average molecular weight is 421 g/mol. The summed E-state index contributed by atoms with van der Waals surface area (Å²) in [6.45, 7) is 12.7. The van der Waals surface area contributed by atoms with Gasteiger partial charge in [0.25, 0.3) is 0 Å². The molecule has 5 nitrogen and oxygen atoms in total. The molecule has 0 spiro atoms. The zero-order valence-corrected chi connectivity index (χ0v) is 19.6. The molecule has 0 aromatic carbocycles. The number of carbonyl (C=O) groups excluding carboxylic acids is 2. The second-order valence-electron chi connectivity index (χ2n) is 10.8. The smallest absolute Gasteiger partial charge is 0.309 e. The minimum atomic E-state index is -0.989. The third kappa shape index (κ3) is 3.72. The lowest BCUT2D eigenvalue weighted by Gasteiger charge is -2.67. The molecule has 7 unspecified atom stereocenters. The summed E-state index contributed by atoms with van der Waals surface area (Å²) in [6.07, 6.45) is 8.05. The highest BCUT2D eigenvalue weighted by Crippen LogP contribution is 2.71. The molecule has 2 saturated carbocycles. The van der Waals surface area contributed by atoms with E-state index in [1.54, 1.807) is 0 Å². The van der Waals surface area contributed by atoms with Crippen LogP contribution in [0.1, 0.15) is 80.1 Å². The number of hydrogen-bond acceptors (Lipinski definition) is 5. The van der Waals surface area contributed by atoms with E-state index in [0.717, 1.165) is 32.1 Å². The molecule has 0 aliphatic heterocycles. The first kappa shape index (κ1) is 23.3. The molecule has 3 aliphatic carbocycles. The third-order valence-corrected chi connectivity index (χ3v) is 9.34. The third-order valence-electron chi connectivity index (χ3n) is 9.34. The molecule has 2 fully saturated rings. The van der Waals surface area contributed by atoms with Gasteiger partial charge in [-0.25, -0.2) is 0 Å². The summed E-state index contributed by atoms with van der Waals surface area (Å²) in [5, 5.41) is 10.0. The summed E-state index contributed by atoms with van der Waals surface area (Å²) in [5.74, 6) is 0.000862. The van der Waals surface area contributed by atoms with Crippen LogP contribution in [0.2, 0.25) is 0 Å². The first-order valence-electron chi connectivity index (χ1n) is 11.6. The van der Waals surface area contributed by atoms with Crippen molar-refractivity contribution in [3.8, 4) is 0 Å². The number of esters is 2. The molecule has 3 rings (SSSR count). The number of rotatable bonds is 5. The summed E-state index contributed by atoms with van der Waals surface area (Å²) in [6, 6.07) is 0. The molecule has 30 heavy (non-hydrogen) atoms. The van der Waals surface area contributed by atoms with Crippen LogP contribution in [0.15, 0.2) is 11.6 Å². The standard InChI is InChI=1S/C25H40O5/c1-16-10-11-24(5)20-9-7-8-17(2)23(20,4)12-13-25(24,6)21(16)22(28)30-15-19(27)14-29-18(3)26/h8,16,19-21,27H,7,9-15H2,1-6H3. The number of carbonyl (C=O) groups is 2. The molecule has 5 heteroatoms. The Bertz CT molecular complexity index is 714. The molecular weight excluding hydrogens is 380 g/mol. The van der Waals surface area contributed by atoms with Crippen molar-refractivity contribution in [3.63, 3.8) is 0 Å². The van der Waals surface area contributed by atoms with Crippen LogP contribution in [-0.4, -0.2) is 36.4 Å². The fourth-order valence-electron chi connectivity index (χ4n) is 7.20. The Balaban J connectivity index is 1.80. The van der Waals surface area contributed by atoms with E-state index in [1.165, 1.54) is 18.9 Å². The fraction of sp³-hybridized carbons (Fsp3) is 0.840. The zero-order valence-electron chi connectivity index (χ0n) is 19.6. The Kier molecular flexibility index (Phi) is 6.44. The number of fused-ring (bicyclic) bond motifs is 3. The van der Waals surface area contributed by atoms with Crippen LogP contribution in [0.5, 0.6) is 0 Å². The monoisotopic (exact) mass is 420 g/mol. The second kappa shape index (κ2) is 8.29. The van der Waals surface area contributed by atoms with Gasteiger partial charge in [0.15, 0.2) is 0 Å². The molecule has 0 heterocycles. The largest absolute Gasteiger partial charge is 0.463 e. The van der Waals surface area contributed by atoms with Crippen molar-refractivity contribution < 1.29 is 24.2 Å². The lowest BCUT2D eigenvalue weighted by molar-refractivity contribution is -0.198. The summed E-state index contributed by atoms with van der Waals surface area (Å²) in [5.41, 5.74) is 1.71. The van der Waals surface area contributed by atoms with Gasteiger partial charge in [0, 0.05) is 6.92 Å². The molecule has 170 valence electrons. The van der Waals surface area contributed by atoms with Crippen LogP contribution in [0.4, 0.5) is 0 Å². The van der Waals surface area contributed by atoms with Crippen LogP contribution in [-0.2, 0) is 19.1 Å². The van der Waals surface area contributed by atoms with E-state index in [-0.39, 0.29) is 47.3 Å². The number of ether oxygens (including phenoxy) is 2. The van der Waals surface area contributed by atoms with E-state index in [2.05, 4.69) is 40.7 Å². The molecule has 0 bridgehead atoms. The van der Waals surface area contributed by atoms with Crippen LogP contribution in [0.25, 0.3) is 0 Å². The van der Waals surface area contributed by atoms with E-state index < -0.39 is 12.1 Å². The van der Waals surface area contributed by atoms with Crippen molar-refractivity contribution >= 4 is 11.9 Å². The van der Waals surface area contributed by atoms with Gasteiger partial charge in [0.05, 0.1) is 5.92 Å². The van der Waals surface area contributed by atoms with Crippen LogP contribution < -0.4 is 0 Å². The maximum atomic E-state index is 13.3. The lowest BCUT2D eigenvalue weighted by atomic mass is 9.37. The number of aliphatic hydroxyl groups is 1. The highest BCUT2D eigenvalue weighted by atomic mass is 16.6. The van der Waals surface area contributed by atoms with Gasteiger partial charge in [0.2, 0.25) is 0 Å². The van der Waals surface area contributed by atoms with E-state index in [0.29, 0.717) is 5.92 Å². The predicted octanol–water partition coefficient (Wildman–Crippen LogP) is 4.67. The summed E-state index contributed by atoms with van der Waals surface area (Å²) in [4.78, 5) is 24.2. The first-order chi connectivity index (χ1) is 14.0. The normalized spacial score (nSPS) is 41.7. The summed E-state index contributed by atoms with van der Waals surface area (Å²) >= 11 is 0. The molecular formula is C25H40O5. The van der Waals surface area contributed by atoms with Crippen molar-refractivity contribution in [2.24, 2.45) is 34.0 Å². The molecule has 7 atom stereocenters. The number of hydrogen-bond donors (Lipinski definition) is 1. The maximum absolute atomic E-state index is 13.3. The second-order valence-corrected chi connectivity index (χ2v) is 10.8. The first-order valence-corrected chi connectivity index (χ1v) is 11.6. The van der Waals surface area contributed by atoms with Gasteiger partial charge in [-0.15, -0.1) is 0 Å². The Hall–Kier alpha value is -1.36. The van der Waals surface area contributed by atoms with Crippen molar-refractivity contribution in [1.29, 1.82) is 0 Å². The van der Waals surface area contributed by atoms with Gasteiger partial charge in [0.1, 0.15) is 19.3 Å². The van der Waals surface area contributed by atoms with E-state index >= 15 is 0 Å². The van der Waals surface area contributed by atoms with Gasteiger partial charge in [-0.1, -0.05) is 39.3 Å².